The Morgan fingerprint density at radius 3 is 2.76 bits per heavy atom. The van der Waals surface area contributed by atoms with Crippen LogP contribution < -0.4 is 0 Å². The molecule has 0 aromatic carbocycles. The van der Waals surface area contributed by atoms with E-state index in [0.29, 0.717) is 0 Å². The molecule has 0 amide bonds. The smallest absolute Gasteiger partial charge is 0.137 e. The molecule has 92 valence electrons. The van der Waals surface area contributed by atoms with Crippen LogP contribution in [-0.4, -0.2) is 14.8 Å². The highest BCUT2D eigenvalue weighted by molar-refractivity contribution is 5.25. The van der Waals surface area contributed by atoms with Gasteiger partial charge >= 0.3 is 0 Å². The predicted molar refractivity (Wildman–Crippen MR) is 71.6 cm³/mol. The van der Waals surface area contributed by atoms with Gasteiger partial charge < -0.3 is 0 Å². The van der Waals surface area contributed by atoms with E-state index in [4.69, 9.17) is 0 Å². The molecule has 0 bridgehead atoms. The van der Waals surface area contributed by atoms with Crippen molar-refractivity contribution in [1.82, 2.24) is 14.8 Å². The fraction of sp³-hybridized carbons (Fsp3) is 0.429. The highest BCUT2D eigenvalue weighted by atomic mass is 15.3. The maximum Gasteiger partial charge on any atom is 0.137 e. The third kappa shape index (κ3) is 5.29. The van der Waals surface area contributed by atoms with Crippen LogP contribution in [0.25, 0.3) is 0 Å². The summed E-state index contributed by atoms with van der Waals surface area (Å²) in [5.74, 6) is 0. The summed E-state index contributed by atoms with van der Waals surface area (Å²) in [5, 5.41) is 4.10. The molecule has 1 aromatic heterocycles. The highest BCUT2D eigenvalue weighted by Crippen LogP contribution is 2.08. The summed E-state index contributed by atoms with van der Waals surface area (Å²) < 4.78 is 1.85. The summed E-state index contributed by atoms with van der Waals surface area (Å²) in [6.07, 6.45) is 14.0. The van der Waals surface area contributed by atoms with Gasteiger partial charge in [-0.25, -0.2) is 4.98 Å². The van der Waals surface area contributed by atoms with Gasteiger partial charge in [0, 0.05) is 6.54 Å². The average molecular weight is 231 g/mol. The Hall–Kier alpha value is -1.64. The molecule has 0 N–H and O–H groups in total. The van der Waals surface area contributed by atoms with Crippen molar-refractivity contribution in [2.24, 2.45) is 0 Å². The van der Waals surface area contributed by atoms with Crippen LogP contribution in [0, 0.1) is 0 Å². The Labute approximate surface area is 104 Å². The summed E-state index contributed by atoms with van der Waals surface area (Å²) in [5.41, 5.74) is 2.71. The topological polar surface area (TPSA) is 30.7 Å². The molecule has 0 radical (unpaired) electrons. The molecule has 0 aliphatic heterocycles. The van der Waals surface area contributed by atoms with Crippen LogP contribution in [0.5, 0.6) is 0 Å². The van der Waals surface area contributed by atoms with E-state index in [2.05, 4.69) is 48.2 Å². The Balaban J connectivity index is 2.60. The van der Waals surface area contributed by atoms with E-state index in [1.54, 1.807) is 12.7 Å². The third-order valence-corrected chi connectivity index (χ3v) is 2.62. The second-order valence-corrected chi connectivity index (χ2v) is 4.02. The molecule has 3 heteroatoms. The normalized spacial score (nSPS) is 13.6. The first-order chi connectivity index (χ1) is 8.26. The standard InChI is InChI=1S/C14H21N3/c1-4-6-14(8-7-13(3)5-2)9-10-17-12-15-11-16-17/h4,6-8,11-12H,5,9-10H2,1-3H3/b6-4-,13-7+,14-8+. The van der Waals surface area contributed by atoms with E-state index < -0.39 is 0 Å². The SMILES string of the molecule is C\C=C/C(=C\C=C(/C)CC)CCn1cncn1. The molecule has 0 aliphatic rings. The Bertz CT molecular complexity index is 397. The molecule has 0 fully saturated rings. The van der Waals surface area contributed by atoms with E-state index in [-0.39, 0.29) is 0 Å². The molecule has 3 nitrogen and oxygen atoms in total. The quantitative estimate of drug-likeness (QED) is 0.701. The largest absolute Gasteiger partial charge is 0.253 e. The summed E-state index contributed by atoms with van der Waals surface area (Å²) in [4.78, 5) is 3.94. The zero-order valence-corrected chi connectivity index (χ0v) is 10.9. The van der Waals surface area contributed by atoms with Gasteiger partial charge in [-0.05, 0) is 32.3 Å². The van der Waals surface area contributed by atoms with Crippen molar-refractivity contribution in [2.75, 3.05) is 0 Å². The number of hydrogen-bond donors (Lipinski definition) is 0. The Morgan fingerprint density at radius 1 is 1.35 bits per heavy atom. The minimum atomic E-state index is 0.870. The summed E-state index contributed by atoms with van der Waals surface area (Å²) >= 11 is 0. The zero-order valence-electron chi connectivity index (χ0n) is 10.9. The summed E-state index contributed by atoms with van der Waals surface area (Å²) in [7, 11) is 0. The Kier molecular flexibility index (Phi) is 6.00. The van der Waals surface area contributed by atoms with Crippen LogP contribution in [0.4, 0.5) is 0 Å². The van der Waals surface area contributed by atoms with Crippen molar-refractivity contribution in [3.05, 3.63) is 48.1 Å². The van der Waals surface area contributed by atoms with Gasteiger partial charge in [0.05, 0.1) is 0 Å². The van der Waals surface area contributed by atoms with Gasteiger partial charge in [0.1, 0.15) is 12.7 Å². The van der Waals surface area contributed by atoms with Crippen LogP contribution in [-0.2, 0) is 6.54 Å². The van der Waals surface area contributed by atoms with Crippen molar-refractivity contribution in [3.63, 3.8) is 0 Å². The predicted octanol–water partition coefficient (Wildman–Crippen LogP) is 3.53. The monoisotopic (exact) mass is 231 g/mol. The molecule has 0 saturated heterocycles. The van der Waals surface area contributed by atoms with Gasteiger partial charge in [0.15, 0.2) is 0 Å². The lowest BCUT2D eigenvalue weighted by molar-refractivity contribution is 0.614. The lowest BCUT2D eigenvalue weighted by Gasteiger charge is -2.02. The van der Waals surface area contributed by atoms with Gasteiger partial charge in [-0.15, -0.1) is 0 Å². The number of aryl methyl sites for hydroxylation is 1. The minimum absolute atomic E-state index is 0.870. The second kappa shape index (κ2) is 7.60. The maximum absolute atomic E-state index is 4.10. The molecule has 0 spiro atoms. The van der Waals surface area contributed by atoms with Crippen LogP contribution >= 0.6 is 0 Å². The van der Waals surface area contributed by atoms with Crippen molar-refractivity contribution >= 4 is 0 Å². The van der Waals surface area contributed by atoms with Gasteiger partial charge in [0.25, 0.3) is 0 Å². The van der Waals surface area contributed by atoms with Crippen molar-refractivity contribution in [2.45, 2.75) is 40.2 Å². The molecule has 1 aromatic rings. The van der Waals surface area contributed by atoms with E-state index in [9.17, 15) is 0 Å². The fourth-order valence-electron chi connectivity index (χ4n) is 1.40. The molecule has 0 unspecified atom stereocenters. The molecule has 17 heavy (non-hydrogen) atoms. The van der Waals surface area contributed by atoms with Gasteiger partial charge in [-0.3, -0.25) is 4.68 Å². The lowest BCUT2D eigenvalue weighted by atomic mass is 10.1. The highest BCUT2D eigenvalue weighted by Gasteiger charge is 1.95. The number of allylic oxidation sites excluding steroid dienone is 6. The van der Waals surface area contributed by atoms with Crippen molar-refractivity contribution in [3.8, 4) is 0 Å². The minimum Gasteiger partial charge on any atom is -0.253 e. The fourth-order valence-corrected chi connectivity index (χ4v) is 1.40. The molecule has 0 saturated carbocycles. The number of hydrogen-bond acceptors (Lipinski definition) is 2. The van der Waals surface area contributed by atoms with E-state index in [1.165, 1.54) is 11.1 Å². The van der Waals surface area contributed by atoms with Crippen LogP contribution in [0.2, 0.25) is 0 Å². The van der Waals surface area contributed by atoms with Gasteiger partial charge in [-0.2, -0.15) is 5.10 Å². The van der Waals surface area contributed by atoms with Crippen LogP contribution in [0.15, 0.2) is 48.1 Å². The zero-order chi connectivity index (χ0) is 12.5. The third-order valence-electron chi connectivity index (χ3n) is 2.62. The molecule has 1 rings (SSSR count). The number of rotatable bonds is 6. The summed E-state index contributed by atoms with van der Waals surface area (Å²) in [6.45, 7) is 7.24. The first-order valence-electron chi connectivity index (χ1n) is 6.07. The van der Waals surface area contributed by atoms with Crippen LogP contribution in [0.1, 0.15) is 33.6 Å². The van der Waals surface area contributed by atoms with E-state index in [0.717, 1.165) is 19.4 Å². The second-order valence-electron chi connectivity index (χ2n) is 4.02. The van der Waals surface area contributed by atoms with Gasteiger partial charge in [-0.1, -0.05) is 36.8 Å². The van der Waals surface area contributed by atoms with Crippen LogP contribution in [0.3, 0.4) is 0 Å². The molecule has 0 atom stereocenters. The molecule has 1 heterocycles. The number of nitrogens with zero attached hydrogens (tertiary/aromatic N) is 3. The maximum atomic E-state index is 4.10. The van der Waals surface area contributed by atoms with Crippen molar-refractivity contribution in [1.29, 1.82) is 0 Å². The van der Waals surface area contributed by atoms with E-state index in [1.807, 2.05) is 11.6 Å². The first kappa shape index (κ1) is 13.4. The molecular formula is C14H21N3. The number of aromatic nitrogens is 3. The lowest BCUT2D eigenvalue weighted by Crippen LogP contribution is -1.98. The summed E-state index contributed by atoms with van der Waals surface area (Å²) in [6, 6.07) is 0. The first-order valence-corrected chi connectivity index (χ1v) is 6.07. The Morgan fingerprint density at radius 2 is 2.18 bits per heavy atom. The molecular weight excluding hydrogens is 210 g/mol. The van der Waals surface area contributed by atoms with Gasteiger partial charge in [0.2, 0.25) is 0 Å². The molecule has 0 aliphatic carbocycles. The average Bonchev–Trinajstić information content (AvgIpc) is 2.85. The van der Waals surface area contributed by atoms with Crippen molar-refractivity contribution < 1.29 is 0 Å². The van der Waals surface area contributed by atoms with E-state index >= 15 is 0 Å².